The average molecular weight is 391 g/mol. The fourth-order valence-corrected chi connectivity index (χ4v) is 4.41. The molecule has 1 fully saturated rings. The van der Waals surface area contributed by atoms with Crippen LogP contribution in [0, 0.1) is 6.92 Å². The molecule has 3 aromatic rings. The van der Waals surface area contributed by atoms with Crippen LogP contribution in [0.1, 0.15) is 42.8 Å². The molecule has 150 valence electrons. The van der Waals surface area contributed by atoms with Gasteiger partial charge in [0.15, 0.2) is 0 Å². The molecule has 1 amide bonds. The number of aromatic nitrogens is 3. The molecule has 0 aliphatic carbocycles. The van der Waals surface area contributed by atoms with Gasteiger partial charge in [-0.3, -0.25) is 4.79 Å². The molecule has 7 heteroatoms. The van der Waals surface area contributed by atoms with Crippen molar-refractivity contribution in [2.75, 3.05) is 29.4 Å². The molecule has 4 heterocycles. The second-order valence-electron chi connectivity index (χ2n) is 7.88. The molecule has 2 aliphatic heterocycles. The molecule has 0 saturated carbocycles. The summed E-state index contributed by atoms with van der Waals surface area (Å²) in [5, 5.41) is 4.99. The van der Waals surface area contributed by atoms with E-state index in [4.69, 9.17) is 9.51 Å². The first kappa shape index (κ1) is 18.1. The Balaban J connectivity index is 1.37. The molecule has 0 unspecified atom stereocenters. The van der Waals surface area contributed by atoms with E-state index in [1.807, 2.05) is 30.0 Å². The summed E-state index contributed by atoms with van der Waals surface area (Å²) in [6.45, 7) is 4.65. The number of benzene rings is 1. The molecule has 0 bridgehead atoms. The first-order valence-corrected chi connectivity index (χ1v) is 10.5. The number of hydrogen-bond acceptors (Lipinski definition) is 6. The third-order valence-corrected chi connectivity index (χ3v) is 5.94. The summed E-state index contributed by atoms with van der Waals surface area (Å²) in [4.78, 5) is 26.5. The fraction of sp³-hybridized carbons (Fsp3) is 0.455. The largest absolute Gasteiger partial charge is 0.356 e. The predicted octanol–water partition coefficient (Wildman–Crippen LogP) is 3.44. The summed E-state index contributed by atoms with van der Waals surface area (Å²) in [5.41, 5.74) is 3.61. The Morgan fingerprint density at radius 2 is 1.93 bits per heavy atom. The zero-order valence-corrected chi connectivity index (χ0v) is 16.7. The summed E-state index contributed by atoms with van der Waals surface area (Å²) in [6, 6.07) is 8.13. The second-order valence-corrected chi connectivity index (χ2v) is 7.88. The molecule has 0 N–H and O–H groups in total. The molecule has 2 aromatic heterocycles. The fourth-order valence-electron chi connectivity index (χ4n) is 4.41. The molecule has 0 spiro atoms. The number of rotatable bonds is 4. The SMILES string of the molecule is Cc1noc2nc(CCC(=O)N3CCc4ccccc43)nc(N3CCCCC3)c12. The molecule has 0 radical (unpaired) electrons. The van der Waals surface area contributed by atoms with Gasteiger partial charge >= 0.3 is 0 Å². The standard InChI is InChI=1S/C22H25N5O2/c1-15-20-21(26-12-5-2-6-13-26)23-18(24-22(20)29-25-15)9-10-19(28)27-14-11-16-7-3-4-8-17(16)27/h3-4,7-8H,2,5-6,9-14H2,1H3. The highest BCUT2D eigenvalue weighted by Gasteiger charge is 2.25. The minimum absolute atomic E-state index is 0.118. The quantitative estimate of drug-likeness (QED) is 0.678. The first-order chi connectivity index (χ1) is 14.2. The average Bonchev–Trinajstić information content (AvgIpc) is 3.36. The van der Waals surface area contributed by atoms with Crippen LogP contribution in [0.25, 0.3) is 11.1 Å². The van der Waals surface area contributed by atoms with Crippen molar-refractivity contribution in [2.45, 2.75) is 45.4 Å². The van der Waals surface area contributed by atoms with Gasteiger partial charge in [0.25, 0.3) is 5.71 Å². The van der Waals surface area contributed by atoms with Crippen molar-refractivity contribution >= 4 is 28.5 Å². The summed E-state index contributed by atoms with van der Waals surface area (Å²) in [7, 11) is 0. The highest BCUT2D eigenvalue weighted by molar-refractivity contribution is 5.95. The number of aryl methyl sites for hydroxylation is 2. The van der Waals surface area contributed by atoms with Crippen molar-refractivity contribution in [2.24, 2.45) is 0 Å². The number of para-hydroxylation sites is 1. The molecule has 1 saturated heterocycles. The van der Waals surface area contributed by atoms with Crippen molar-refractivity contribution in [3.63, 3.8) is 0 Å². The van der Waals surface area contributed by atoms with E-state index in [1.165, 1.54) is 12.0 Å². The smallest absolute Gasteiger partial charge is 0.263 e. The van der Waals surface area contributed by atoms with Crippen molar-refractivity contribution in [3.8, 4) is 0 Å². The van der Waals surface area contributed by atoms with Crippen molar-refractivity contribution in [1.29, 1.82) is 0 Å². The third kappa shape index (κ3) is 3.34. The molecule has 1 aromatic carbocycles. The number of amides is 1. The molecule has 29 heavy (non-hydrogen) atoms. The van der Waals surface area contributed by atoms with E-state index in [1.54, 1.807) is 0 Å². The lowest BCUT2D eigenvalue weighted by atomic mass is 10.1. The van der Waals surface area contributed by atoms with E-state index in [-0.39, 0.29) is 5.91 Å². The number of piperidine rings is 1. The van der Waals surface area contributed by atoms with Crippen LogP contribution in [-0.4, -0.2) is 40.7 Å². The Kier molecular flexibility index (Phi) is 4.66. The number of fused-ring (bicyclic) bond motifs is 2. The molecule has 2 aliphatic rings. The monoisotopic (exact) mass is 391 g/mol. The van der Waals surface area contributed by atoms with Gasteiger partial charge in [0.2, 0.25) is 5.91 Å². The van der Waals surface area contributed by atoms with Crippen LogP contribution < -0.4 is 9.80 Å². The van der Waals surface area contributed by atoms with E-state index in [9.17, 15) is 4.79 Å². The Hall–Kier alpha value is -2.96. The summed E-state index contributed by atoms with van der Waals surface area (Å²) in [5.74, 6) is 1.67. The number of nitrogens with zero attached hydrogens (tertiary/aromatic N) is 5. The van der Waals surface area contributed by atoms with Gasteiger partial charge in [-0.25, -0.2) is 4.98 Å². The van der Waals surface area contributed by atoms with E-state index in [2.05, 4.69) is 21.1 Å². The number of anilines is 2. The maximum absolute atomic E-state index is 12.9. The lowest BCUT2D eigenvalue weighted by Crippen LogP contribution is -2.31. The van der Waals surface area contributed by atoms with Gasteiger partial charge in [-0.2, -0.15) is 4.98 Å². The van der Waals surface area contributed by atoms with Crippen LogP contribution in [0.4, 0.5) is 11.5 Å². The van der Waals surface area contributed by atoms with Crippen LogP contribution in [-0.2, 0) is 17.6 Å². The van der Waals surface area contributed by atoms with Gasteiger partial charge in [-0.05, 0) is 44.2 Å². The Labute approximate surface area is 169 Å². The zero-order valence-electron chi connectivity index (χ0n) is 16.7. The highest BCUT2D eigenvalue weighted by atomic mass is 16.5. The van der Waals surface area contributed by atoms with Gasteiger partial charge in [-0.1, -0.05) is 23.4 Å². The van der Waals surface area contributed by atoms with Gasteiger partial charge in [0.05, 0.1) is 5.69 Å². The Bertz CT molecular complexity index is 1050. The second kappa shape index (κ2) is 7.46. The van der Waals surface area contributed by atoms with Gasteiger partial charge < -0.3 is 14.3 Å². The highest BCUT2D eigenvalue weighted by Crippen LogP contribution is 2.30. The minimum Gasteiger partial charge on any atom is -0.356 e. The first-order valence-electron chi connectivity index (χ1n) is 10.5. The van der Waals surface area contributed by atoms with E-state index >= 15 is 0 Å². The number of carbonyl (C=O) groups is 1. The van der Waals surface area contributed by atoms with E-state index < -0.39 is 0 Å². The van der Waals surface area contributed by atoms with E-state index in [0.29, 0.717) is 24.4 Å². The van der Waals surface area contributed by atoms with Gasteiger partial charge in [0, 0.05) is 38.2 Å². The van der Waals surface area contributed by atoms with Crippen LogP contribution in [0.3, 0.4) is 0 Å². The minimum atomic E-state index is 0.118. The van der Waals surface area contributed by atoms with Crippen molar-refractivity contribution in [3.05, 3.63) is 41.3 Å². The molecule has 0 atom stereocenters. The zero-order chi connectivity index (χ0) is 19.8. The normalized spacial score (nSPS) is 16.4. The van der Waals surface area contributed by atoms with Gasteiger partial charge in [-0.15, -0.1) is 0 Å². The Morgan fingerprint density at radius 1 is 1.10 bits per heavy atom. The van der Waals surface area contributed by atoms with Crippen LogP contribution in [0.15, 0.2) is 28.8 Å². The van der Waals surface area contributed by atoms with Crippen molar-refractivity contribution in [1.82, 2.24) is 15.1 Å². The number of carbonyl (C=O) groups excluding carboxylic acids is 1. The number of hydrogen-bond donors (Lipinski definition) is 0. The van der Waals surface area contributed by atoms with E-state index in [0.717, 1.165) is 61.5 Å². The lowest BCUT2D eigenvalue weighted by molar-refractivity contribution is -0.118. The third-order valence-electron chi connectivity index (χ3n) is 5.94. The predicted molar refractivity (Wildman–Crippen MR) is 111 cm³/mol. The lowest BCUT2D eigenvalue weighted by Gasteiger charge is -2.28. The Morgan fingerprint density at radius 3 is 2.79 bits per heavy atom. The molecular formula is C22H25N5O2. The van der Waals surface area contributed by atoms with Crippen LogP contribution in [0.5, 0.6) is 0 Å². The van der Waals surface area contributed by atoms with Crippen LogP contribution in [0.2, 0.25) is 0 Å². The molecular weight excluding hydrogens is 366 g/mol. The topological polar surface area (TPSA) is 75.4 Å². The maximum atomic E-state index is 12.9. The van der Waals surface area contributed by atoms with Crippen LogP contribution >= 0.6 is 0 Å². The summed E-state index contributed by atoms with van der Waals surface area (Å²) in [6.07, 6.45) is 5.38. The van der Waals surface area contributed by atoms with Crippen molar-refractivity contribution < 1.29 is 9.32 Å². The summed E-state index contributed by atoms with van der Waals surface area (Å²) >= 11 is 0. The molecule has 7 nitrogen and oxygen atoms in total. The van der Waals surface area contributed by atoms with Gasteiger partial charge in [0.1, 0.15) is 17.0 Å². The maximum Gasteiger partial charge on any atom is 0.263 e. The molecule has 5 rings (SSSR count). The summed E-state index contributed by atoms with van der Waals surface area (Å²) < 4.78 is 5.45.